The summed E-state index contributed by atoms with van der Waals surface area (Å²) in [6.45, 7) is 8.64. The number of carbonyl (C=O) groups is 1. The van der Waals surface area contributed by atoms with Crippen molar-refractivity contribution in [2.45, 2.75) is 38.8 Å². The van der Waals surface area contributed by atoms with E-state index < -0.39 is 5.54 Å². The molecule has 11 heavy (non-hydrogen) atoms. The Morgan fingerprint density at radius 3 is 2.18 bits per heavy atom. The summed E-state index contributed by atoms with van der Waals surface area (Å²) < 4.78 is 0. The van der Waals surface area contributed by atoms with Gasteiger partial charge in [-0.1, -0.05) is 0 Å². The molecule has 0 aromatic heterocycles. The maximum Gasteiger partial charge on any atom is 0.239 e. The van der Waals surface area contributed by atoms with Crippen LogP contribution in [-0.2, 0) is 4.79 Å². The molecule has 1 amide bonds. The van der Waals surface area contributed by atoms with E-state index in [2.05, 4.69) is 24.5 Å². The molecule has 1 saturated heterocycles. The monoisotopic (exact) mass is 156 g/mol. The summed E-state index contributed by atoms with van der Waals surface area (Å²) in [6, 6.07) is 0. The van der Waals surface area contributed by atoms with Crippen molar-refractivity contribution in [3.63, 3.8) is 0 Å². The van der Waals surface area contributed by atoms with Crippen molar-refractivity contribution < 1.29 is 4.79 Å². The summed E-state index contributed by atoms with van der Waals surface area (Å²) in [4.78, 5) is 11.2. The number of hydrogen-bond donors (Lipinski definition) is 2. The smallest absolute Gasteiger partial charge is 0.239 e. The summed E-state index contributed by atoms with van der Waals surface area (Å²) in [5.74, 6) is 0.0804. The van der Waals surface area contributed by atoms with Gasteiger partial charge in [-0.3, -0.25) is 10.1 Å². The first-order valence-corrected chi connectivity index (χ1v) is 3.91. The maximum atomic E-state index is 11.2. The van der Waals surface area contributed by atoms with Gasteiger partial charge in [0.1, 0.15) is 0 Å². The van der Waals surface area contributed by atoms with Crippen molar-refractivity contribution in [2.75, 3.05) is 6.54 Å². The van der Waals surface area contributed by atoms with Crippen LogP contribution in [0.2, 0.25) is 0 Å². The Labute approximate surface area is 67.5 Å². The lowest BCUT2D eigenvalue weighted by Gasteiger charge is -2.41. The van der Waals surface area contributed by atoms with E-state index in [9.17, 15) is 4.79 Å². The van der Waals surface area contributed by atoms with E-state index >= 15 is 0 Å². The normalized spacial score (nSPS) is 27.8. The zero-order valence-electron chi connectivity index (χ0n) is 7.62. The van der Waals surface area contributed by atoms with Crippen LogP contribution in [0.15, 0.2) is 0 Å². The molecule has 3 heteroatoms. The predicted molar refractivity (Wildman–Crippen MR) is 44.3 cm³/mol. The number of amides is 1. The molecular formula is C8H16N2O. The number of carbonyl (C=O) groups excluding carboxylic acids is 1. The largest absolute Gasteiger partial charge is 0.353 e. The Hall–Kier alpha value is -0.570. The van der Waals surface area contributed by atoms with Crippen molar-refractivity contribution in [2.24, 2.45) is 0 Å². The molecule has 0 spiro atoms. The second-order valence-electron chi connectivity index (χ2n) is 4.32. The molecular weight excluding hydrogens is 140 g/mol. The maximum absolute atomic E-state index is 11.2. The Morgan fingerprint density at radius 1 is 1.27 bits per heavy atom. The van der Waals surface area contributed by atoms with Crippen molar-refractivity contribution in [1.29, 1.82) is 0 Å². The van der Waals surface area contributed by atoms with E-state index in [0.717, 1.165) is 0 Å². The molecule has 0 atom stereocenters. The van der Waals surface area contributed by atoms with Crippen LogP contribution in [0, 0.1) is 0 Å². The molecule has 0 saturated carbocycles. The molecule has 1 heterocycles. The quantitative estimate of drug-likeness (QED) is 0.528. The van der Waals surface area contributed by atoms with E-state index in [4.69, 9.17) is 0 Å². The van der Waals surface area contributed by atoms with Gasteiger partial charge in [-0.25, -0.2) is 0 Å². The van der Waals surface area contributed by atoms with Gasteiger partial charge < -0.3 is 5.32 Å². The summed E-state index contributed by atoms with van der Waals surface area (Å²) in [5, 5.41) is 6.13. The lowest BCUT2D eigenvalue weighted by molar-refractivity contribution is -0.129. The number of nitrogens with one attached hydrogen (secondary N) is 2. The third-order valence-corrected chi connectivity index (χ3v) is 1.91. The summed E-state index contributed by atoms with van der Waals surface area (Å²) in [5.41, 5.74) is -0.417. The lowest BCUT2D eigenvalue weighted by Crippen LogP contribution is -2.68. The van der Waals surface area contributed by atoms with Gasteiger partial charge in [0.15, 0.2) is 0 Å². The van der Waals surface area contributed by atoms with E-state index in [-0.39, 0.29) is 11.4 Å². The molecule has 2 N–H and O–H groups in total. The Bertz CT molecular complexity index is 185. The Balaban J connectivity index is 2.75. The number of piperazine rings is 1. The third kappa shape index (κ3) is 1.71. The van der Waals surface area contributed by atoms with Crippen molar-refractivity contribution >= 4 is 5.91 Å². The zero-order chi connectivity index (χ0) is 8.70. The van der Waals surface area contributed by atoms with Crippen LogP contribution in [0.1, 0.15) is 27.7 Å². The van der Waals surface area contributed by atoms with Gasteiger partial charge in [0.25, 0.3) is 0 Å². The molecule has 3 nitrogen and oxygen atoms in total. The van der Waals surface area contributed by atoms with Crippen molar-refractivity contribution in [3.8, 4) is 0 Å². The molecule has 64 valence electrons. The van der Waals surface area contributed by atoms with E-state index in [1.807, 2.05) is 13.8 Å². The van der Waals surface area contributed by atoms with Gasteiger partial charge in [0.2, 0.25) is 5.91 Å². The molecule has 0 aromatic rings. The minimum atomic E-state index is -0.429. The first-order chi connectivity index (χ1) is 4.83. The SMILES string of the molecule is CC1(C)CNC(=O)C(C)(C)N1. The second kappa shape index (κ2) is 2.21. The van der Waals surface area contributed by atoms with Crippen molar-refractivity contribution in [1.82, 2.24) is 10.6 Å². The van der Waals surface area contributed by atoms with Crippen LogP contribution in [0.5, 0.6) is 0 Å². The molecule has 0 radical (unpaired) electrons. The first kappa shape index (κ1) is 8.53. The highest BCUT2D eigenvalue weighted by Crippen LogP contribution is 2.15. The van der Waals surface area contributed by atoms with Crippen LogP contribution in [0.3, 0.4) is 0 Å². The molecule has 0 aliphatic carbocycles. The van der Waals surface area contributed by atoms with Gasteiger partial charge in [0.05, 0.1) is 5.54 Å². The minimum absolute atomic E-state index is 0.0113. The summed E-state index contributed by atoms with van der Waals surface area (Å²) >= 11 is 0. The van der Waals surface area contributed by atoms with E-state index in [0.29, 0.717) is 6.54 Å². The van der Waals surface area contributed by atoms with Crippen LogP contribution in [0.25, 0.3) is 0 Å². The molecule has 1 aliphatic heterocycles. The Kier molecular flexibility index (Phi) is 1.71. The van der Waals surface area contributed by atoms with Crippen LogP contribution in [-0.4, -0.2) is 23.5 Å². The predicted octanol–water partition coefficient (Wildman–Crippen LogP) is 0.263. The molecule has 0 bridgehead atoms. The van der Waals surface area contributed by atoms with Crippen LogP contribution >= 0.6 is 0 Å². The summed E-state index contributed by atoms with van der Waals surface area (Å²) in [7, 11) is 0. The highest BCUT2D eigenvalue weighted by atomic mass is 16.2. The van der Waals surface area contributed by atoms with Gasteiger partial charge in [-0.15, -0.1) is 0 Å². The standard InChI is InChI=1S/C8H16N2O/c1-7(2)5-9-6(11)8(3,4)10-7/h10H,5H2,1-4H3,(H,9,11). The fourth-order valence-electron chi connectivity index (χ4n) is 1.47. The molecule has 1 aliphatic rings. The first-order valence-electron chi connectivity index (χ1n) is 3.91. The fraction of sp³-hybridized carbons (Fsp3) is 0.875. The van der Waals surface area contributed by atoms with E-state index in [1.54, 1.807) is 0 Å². The van der Waals surface area contributed by atoms with Gasteiger partial charge in [0, 0.05) is 12.1 Å². The van der Waals surface area contributed by atoms with Crippen molar-refractivity contribution in [3.05, 3.63) is 0 Å². The third-order valence-electron chi connectivity index (χ3n) is 1.91. The average Bonchev–Trinajstić information content (AvgIpc) is 1.77. The Morgan fingerprint density at radius 2 is 1.82 bits per heavy atom. The van der Waals surface area contributed by atoms with E-state index in [1.165, 1.54) is 0 Å². The molecule has 1 fully saturated rings. The average molecular weight is 156 g/mol. The summed E-state index contributed by atoms with van der Waals surface area (Å²) in [6.07, 6.45) is 0. The topological polar surface area (TPSA) is 41.1 Å². The number of hydrogen-bond acceptors (Lipinski definition) is 2. The molecule has 0 aromatic carbocycles. The fourth-order valence-corrected chi connectivity index (χ4v) is 1.47. The number of rotatable bonds is 0. The van der Waals surface area contributed by atoms with Gasteiger partial charge >= 0.3 is 0 Å². The van der Waals surface area contributed by atoms with Crippen LogP contribution < -0.4 is 10.6 Å². The molecule has 0 unspecified atom stereocenters. The minimum Gasteiger partial charge on any atom is -0.353 e. The second-order valence-corrected chi connectivity index (χ2v) is 4.32. The molecule has 1 rings (SSSR count). The van der Waals surface area contributed by atoms with Crippen LogP contribution in [0.4, 0.5) is 0 Å². The highest BCUT2D eigenvalue weighted by Gasteiger charge is 2.38. The van der Waals surface area contributed by atoms with Gasteiger partial charge in [-0.2, -0.15) is 0 Å². The van der Waals surface area contributed by atoms with Gasteiger partial charge in [-0.05, 0) is 27.7 Å². The highest BCUT2D eigenvalue weighted by molar-refractivity contribution is 5.86. The lowest BCUT2D eigenvalue weighted by atomic mass is 9.92. The zero-order valence-corrected chi connectivity index (χ0v) is 7.62.